The lowest BCUT2D eigenvalue weighted by atomic mass is 9.87. The second-order valence-electron chi connectivity index (χ2n) is 7.31. The van der Waals surface area contributed by atoms with Crippen molar-refractivity contribution in [2.24, 2.45) is 7.05 Å². The number of ether oxygens (including phenoxy) is 1. The van der Waals surface area contributed by atoms with Gasteiger partial charge in [-0.25, -0.2) is 0 Å². The van der Waals surface area contributed by atoms with Crippen LogP contribution in [0.25, 0.3) is 10.9 Å². The molecule has 1 atom stereocenters. The van der Waals surface area contributed by atoms with Crippen molar-refractivity contribution in [1.82, 2.24) is 9.47 Å². The van der Waals surface area contributed by atoms with E-state index in [2.05, 4.69) is 22.9 Å². The molecule has 1 aliphatic heterocycles. The summed E-state index contributed by atoms with van der Waals surface area (Å²) >= 11 is 0. The number of hydrogen-bond donors (Lipinski definition) is 0. The van der Waals surface area contributed by atoms with Crippen LogP contribution in [-0.2, 0) is 16.6 Å². The van der Waals surface area contributed by atoms with E-state index in [1.165, 1.54) is 12.1 Å². The van der Waals surface area contributed by atoms with Gasteiger partial charge in [-0.1, -0.05) is 30.3 Å². The summed E-state index contributed by atoms with van der Waals surface area (Å²) in [5.41, 5.74) is 3.09. The minimum atomic E-state index is -0.407. The third-order valence-electron chi connectivity index (χ3n) is 5.55. The molecular weight excluding hydrogens is 370 g/mol. The second-order valence-corrected chi connectivity index (χ2v) is 7.31. The first-order chi connectivity index (χ1) is 14.0. The molecule has 0 N–H and O–H groups in total. The molecule has 3 aromatic rings. The van der Waals surface area contributed by atoms with E-state index in [1.807, 2.05) is 24.1 Å². The lowest BCUT2D eigenvalue weighted by Gasteiger charge is -2.28. The Bertz CT molecular complexity index is 1040. The Balaban J connectivity index is 1.73. The molecule has 2 heterocycles. The maximum atomic E-state index is 13.0. The standard InChI is InChI=1S/C22H23N3O4/c1-23-15-20(18-4-2-3-5-21(18)23)19(14-22(26)24-10-12-29-13-11-24)16-6-8-17(9-7-16)25(27)28/h2-9,15,19H,10-14H2,1H3/t19-/m0/s1. The summed E-state index contributed by atoms with van der Waals surface area (Å²) in [5.74, 6) is -0.109. The number of carbonyl (C=O) groups is 1. The fraction of sp³-hybridized carbons (Fsp3) is 0.318. The van der Waals surface area contributed by atoms with Gasteiger partial charge in [0.15, 0.2) is 0 Å². The molecule has 7 heteroatoms. The minimum absolute atomic E-state index is 0.0462. The van der Waals surface area contributed by atoms with Gasteiger partial charge in [-0.3, -0.25) is 14.9 Å². The summed E-state index contributed by atoms with van der Waals surface area (Å²) < 4.78 is 7.42. The molecule has 1 saturated heterocycles. The zero-order valence-corrected chi connectivity index (χ0v) is 16.3. The highest BCUT2D eigenvalue weighted by Crippen LogP contribution is 2.35. The minimum Gasteiger partial charge on any atom is -0.378 e. The van der Waals surface area contributed by atoms with Crippen LogP contribution in [0.4, 0.5) is 5.69 Å². The number of aryl methyl sites for hydroxylation is 1. The average Bonchev–Trinajstić information content (AvgIpc) is 3.09. The SMILES string of the molecule is Cn1cc([C@@H](CC(=O)N2CCOCC2)c2ccc([N+](=O)[O-])cc2)c2ccccc21. The van der Waals surface area contributed by atoms with E-state index >= 15 is 0 Å². The van der Waals surface area contributed by atoms with Gasteiger partial charge in [0, 0.05) is 61.7 Å². The predicted octanol–water partition coefficient (Wildman–Crippen LogP) is 3.47. The van der Waals surface area contributed by atoms with Crippen molar-refractivity contribution in [3.63, 3.8) is 0 Å². The zero-order valence-electron chi connectivity index (χ0n) is 16.3. The molecule has 1 amide bonds. The topological polar surface area (TPSA) is 77.6 Å². The molecular formula is C22H23N3O4. The van der Waals surface area contributed by atoms with E-state index < -0.39 is 4.92 Å². The summed E-state index contributed by atoms with van der Waals surface area (Å²) in [4.78, 5) is 25.5. The third-order valence-corrected chi connectivity index (χ3v) is 5.55. The number of para-hydroxylation sites is 1. The number of non-ortho nitro benzene ring substituents is 1. The Kier molecular flexibility index (Phi) is 5.31. The van der Waals surface area contributed by atoms with Crippen LogP contribution in [0.15, 0.2) is 54.7 Å². The average molecular weight is 393 g/mol. The van der Waals surface area contributed by atoms with Crippen molar-refractivity contribution < 1.29 is 14.5 Å². The highest BCUT2D eigenvalue weighted by molar-refractivity contribution is 5.86. The molecule has 4 rings (SSSR count). The maximum absolute atomic E-state index is 13.0. The van der Waals surface area contributed by atoms with E-state index in [-0.39, 0.29) is 17.5 Å². The van der Waals surface area contributed by atoms with Crippen LogP contribution in [0.3, 0.4) is 0 Å². The van der Waals surface area contributed by atoms with Crippen LogP contribution in [0.1, 0.15) is 23.5 Å². The summed E-state index contributed by atoms with van der Waals surface area (Å²) in [5, 5.41) is 12.1. The number of nitrogens with zero attached hydrogens (tertiary/aromatic N) is 3. The first-order valence-corrected chi connectivity index (χ1v) is 9.68. The van der Waals surface area contributed by atoms with Gasteiger partial charge in [-0.15, -0.1) is 0 Å². The van der Waals surface area contributed by atoms with E-state index in [0.29, 0.717) is 32.7 Å². The van der Waals surface area contributed by atoms with E-state index in [4.69, 9.17) is 4.74 Å². The fourth-order valence-corrected chi connectivity index (χ4v) is 4.00. The number of benzene rings is 2. The van der Waals surface area contributed by atoms with Crippen molar-refractivity contribution in [1.29, 1.82) is 0 Å². The smallest absolute Gasteiger partial charge is 0.269 e. The van der Waals surface area contributed by atoms with Gasteiger partial charge in [0.1, 0.15) is 0 Å². The number of hydrogen-bond acceptors (Lipinski definition) is 4. The van der Waals surface area contributed by atoms with Gasteiger partial charge < -0.3 is 14.2 Å². The highest BCUT2D eigenvalue weighted by Gasteiger charge is 2.26. The van der Waals surface area contributed by atoms with E-state index in [1.54, 1.807) is 12.1 Å². The predicted molar refractivity (Wildman–Crippen MR) is 110 cm³/mol. The molecule has 0 unspecified atom stereocenters. The summed E-state index contributed by atoms with van der Waals surface area (Å²) in [6.45, 7) is 2.31. The Morgan fingerprint density at radius 1 is 1.14 bits per heavy atom. The van der Waals surface area contributed by atoms with Crippen LogP contribution in [0.5, 0.6) is 0 Å². The molecule has 0 radical (unpaired) electrons. The maximum Gasteiger partial charge on any atom is 0.269 e. The Morgan fingerprint density at radius 2 is 1.83 bits per heavy atom. The quantitative estimate of drug-likeness (QED) is 0.491. The van der Waals surface area contributed by atoms with Gasteiger partial charge in [-0.05, 0) is 17.2 Å². The number of nitro benzene ring substituents is 1. The molecule has 2 aromatic carbocycles. The Hall–Kier alpha value is -3.19. The number of aromatic nitrogens is 1. The Morgan fingerprint density at radius 3 is 2.52 bits per heavy atom. The monoisotopic (exact) mass is 393 g/mol. The Labute approximate surface area is 168 Å². The van der Waals surface area contributed by atoms with Crippen molar-refractivity contribution >= 4 is 22.5 Å². The first kappa shape index (κ1) is 19.1. The van der Waals surface area contributed by atoms with E-state index in [0.717, 1.165) is 22.0 Å². The molecule has 7 nitrogen and oxygen atoms in total. The van der Waals surface area contributed by atoms with Gasteiger partial charge in [0.2, 0.25) is 5.91 Å². The number of morpholine rings is 1. The van der Waals surface area contributed by atoms with Crippen molar-refractivity contribution in [2.75, 3.05) is 26.3 Å². The lowest BCUT2D eigenvalue weighted by Crippen LogP contribution is -2.41. The lowest BCUT2D eigenvalue weighted by molar-refractivity contribution is -0.384. The third kappa shape index (κ3) is 3.86. The molecule has 150 valence electrons. The van der Waals surface area contributed by atoms with Crippen molar-refractivity contribution in [3.05, 3.63) is 76.0 Å². The summed E-state index contributed by atoms with van der Waals surface area (Å²) in [6, 6.07) is 14.6. The van der Waals surface area contributed by atoms with Gasteiger partial charge in [0.25, 0.3) is 5.69 Å². The molecule has 1 fully saturated rings. The number of amides is 1. The highest BCUT2D eigenvalue weighted by atomic mass is 16.6. The second kappa shape index (κ2) is 8.05. The molecule has 1 aliphatic rings. The summed E-state index contributed by atoms with van der Waals surface area (Å²) in [7, 11) is 1.99. The number of fused-ring (bicyclic) bond motifs is 1. The molecule has 0 aliphatic carbocycles. The van der Waals surface area contributed by atoms with Gasteiger partial charge in [0.05, 0.1) is 18.1 Å². The van der Waals surface area contributed by atoms with Crippen LogP contribution < -0.4 is 0 Å². The normalized spacial score (nSPS) is 15.4. The molecule has 0 bridgehead atoms. The first-order valence-electron chi connectivity index (χ1n) is 9.68. The van der Waals surface area contributed by atoms with E-state index in [9.17, 15) is 14.9 Å². The zero-order chi connectivity index (χ0) is 20.4. The largest absolute Gasteiger partial charge is 0.378 e. The number of carbonyl (C=O) groups excluding carboxylic acids is 1. The molecule has 29 heavy (non-hydrogen) atoms. The molecule has 1 aromatic heterocycles. The fourth-order valence-electron chi connectivity index (χ4n) is 4.00. The number of rotatable bonds is 5. The van der Waals surface area contributed by atoms with Crippen molar-refractivity contribution in [3.8, 4) is 0 Å². The molecule has 0 saturated carbocycles. The number of nitro groups is 1. The molecule has 0 spiro atoms. The van der Waals surface area contributed by atoms with Crippen LogP contribution in [0.2, 0.25) is 0 Å². The van der Waals surface area contributed by atoms with Gasteiger partial charge >= 0.3 is 0 Å². The van der Waals surface area contributed by atoms with Crippen LogP contribution >= 0.6 is 0 Å². The van der Waals surface area contributed by atoms with Gasteiger partial charge in [-0.2, -0.15) is 0 Å². The van der Waals surface area contributed by atoms with Crippen molar-refractivity contribution in [2.45, 2.75) is 12.3 Å². The van der Waals surface area contributed by atoms with Crippen LogP contribution in [-0.4, -0.2) is 46.6 Å². The summed E-state index contributed by atoms with van der Waals surface area (Å²) in [6.07, 6.45) is 2.37. The van der Waals surface area contributed by atoms with Crippen LogP contribution in [0, 0.1) is 10.1 Å².